The third kappa shape index (κ3) is 5.42. The van der Waals surface area contributed by atoms with E-state index < -0.39 is 27.5 Å². The van der Waals surface area contributed by atoms with Crippen LogP contribution in [0, 0.1) is 0 Å². The van der Waals surface area contributed by atoms with Crippen molar-refractivity contribution >= 4 is 50.2 Å². The average Bonchev–Trinajstić information content (AvgIpc) is 3.25. The number of anilines is 1. The Labute approximate surface area is 238 Å². The molecule has 5 rings (SSSR count). The number of carbonyl (C=O) groups is 2. The van der Waals surface area contributed by atoms with E-state index in [1.165, 1.54) is 49.8 Å². The number of esters is 1. The molecule has 0 fully saturated rings. The van der Waals surface area contributed by atoms with Crippen LogP contribution in [0.3, 0.4) is 0 Å². The van der Waals surface area contributed by atoms with Gasteiger partial charge in [-0.1, -0.05) is 11.6 Å². The Morgan fingerprint density at radius 1 is 1.10 bits per heavy atom. The summed E-state index contributed by atoms with van der Waals surface area (Å²) in [7, 11) is -3.21. The van der Waals surface area contributed by atoms with E-state index in [2.05, 4.69) is 19.4 Å². The highest BCUT2D eigenvalue weighted by Gasteiger charge is 2.29. The van der Waals surface area contributed by atoms with Gasteiger partial charge in [0.15, 0.2) is 0 Å². The number of nitrogen functional groups attached to an aromatic ring is 1. The number of pyridine rings is 2. The molecule has 0 unspecified atom stereocenters. The second-order valence-electron chi connectivity index (χ2n) is 8.92. The third-order valence-electron chi connectivity index (χ3n) is 6.33. The molecule has 0 spiro atoms. The number of aromatic amines is 1. The smallest absolute Gasteiger partial charge is 0.337 e. The number of hydrogen-bond donors (Lipinski definition) is 3. The summed E-state index contributed by atoms with van der Waals surface area (Å²) >= 11 is 6.32. The van der Waals surface area contributed by atoms with E-state index in [9.17, 15) is 22.8 Å². The van der Waals surface area contributed by atoms with Crippen LogP contribution in [0.25, 0.3) is 22.0 Å². The first kappa shape index (κ1) is 27.6. The molecule has 11 nitrogen and oxygen atoms in total. The number of ether oxygens (including phenoxy) is 1. The van der Waals surface area contributed by atoms with Gasteiger partial charge in [-0.3, -0.25) is 9.59 Å². The van der Waals surface area contributed by atoms with Gasteiger partial charge in [-0.25, -0.2) is 22.9 Å². The maximum atomic E-state index is 13.9. The van der Waals surface area contributed by atoms with Crippen molar-refractivity contribution < 1.29 is 22.7 Å². The normalized spacial score (nSPS) is 11.4. The molecular formula is C28H22ClN5O6S. The summed E-state index contributed by atoms with van der Waals surface area (Å²) in [6.07, 6.45) is 2.96. The molecule has 208 valence electrons. The van der Waals surface area contributed by atoms with Crippen molar-refractivity contribution in [2.24, 2.45) is 0 Å². The van der Waals surface area contributed by atoms with Crippen molar-refractivity contribution in [2.45, 2.75) is 11.4 Å². The number of halogens is 1. The summed E-state index contributed by atoms with van der Waals surface area (Å²) in [5, 5.41) is 0.808. The van der Waals surface area contributed by atoms with Crippen molar-refractivity contribution in [3.8, 4) is 11.1 Å². The Balaban J connectivity index is 1.70. The third-order valence-corrected chi connectivity index (χ3v) is 7.91. The minimum atomic E-state index is -4.41. The molecule has 0 radical (unpaired) electrons. The number of rotatable bonds is 7. The Morgan fingerprint density at radius 3 is 2.54 bits per heavy atom. The summed E-state index contributed by atoms with van der Waals surface area (Å²) in [5.74, 6) is -1.38. The number of nitrogens with two attached hydrogens (primary N) is 1. The number of sulfonamides is 1. The maximum absolute atomic E-state index is 13.9. The molecule has 0 aliphatic carbocycles. The fourth-order valence-electron chi connectivity index (χ4n) is 4.51. The van der Waals surface area contributed by atoms with Gasteiger partial charge in [0, 0.05) is 46.0 Å². The molecule has 0 saturated carbocycles. The van der Waals surface area contributed by atoms with Gasteiger partial charge in [0.05, 0.1) is 17.6 Å². The molecule has 0 atom stereocenters. The molecule has 5 aromatic rings. The van der Waals surface area contributed by atoms with Gasteiger partial charge in [-0.05, 0) is 72.3 Å². The first-order valence-corrected chi connectivity index (χ1v) is 13.9. The van der Waals surface area contributed by atoms with Crippen LogP contribution in [0.5, 0.6) is 0 Å². The van der Waals surface area contributed by atoms with Gasteiger partial charge in [0.1, 0.15) is 11.5 Å². The lowest BCUT2D eigenvalue weighted by Crippen LogP contribution is -2.33. The van der Waals surface area contributed by atoms with Gasteiger partial charge in [0.25, 0.3) is 21.5 Å². The molecule has 0 aliphatic heterocycles. The largest absolute Gasteiger partial charge is 0.465 e. The Kier molecular flexibility index (Phi) is 7.35. The number of hydrogen-bond acceptors (Lipinski definition) is 8. The van der Waals surface area contributed by atoms with Gasteiger partial charge < -0.3 is 20.0 Å². The summed E-state index contributed by atoms with van der Waals surface area (Å²) < 4.78 is 34.9. The molecule has 3 heterocycles. The Bertz CT molecular complexity index is 1980. The van der Waals surface area contributed by atoms with E-state index in [1.54, 1.807) is 41.0 Å². The Hall–Kier alpha value is -4.94. The van der Waals surface area contributed by atoms with Crippen LogP contribution >= 0.6 is 11.6 Å². The number of nitrogens with one attached hydrogen (secondary N) is 2. The fourth-order valence-corrected chi connectivity index (χ4v) is 5.64. The molecule has 13 heteroatoms. The van der Waals surface area contributed by atoms with Crippen LogP contribution in [0.4, 0.5) is 5.82 Å². The van der Waals surface area contributed by atoms with E-state index in [0.29, 0.717) is 21.5 Å². The minimum absolute atomic E-state index is 0.0895. The number of methoxy groups -OCH3 is 1. The highest BCUT2D eigenvalue weighted by Crippen LogP contribution is 2.36. The van der Waals surface area contributed by atoms with Crippen molar-refractivity contribution in [3.05, 3.63) is 111 Å². The summed E-state index contributed by atoms with van der Waals surface area (Å²) in [4.78, 5) is 45.0. The van der Waals surface area contributed by atoms with Crippen LogP contribution in [0.15, 0.2) is 88.8 Å². The van der Waals surface area contributed by atoms with Crippen LogP contribution < -0.4 is 16.0 Å². The van der Waals surface area contributed by atoms with Gasteiger partial charge in [0.2, 0.25) is 0 Å². The zero-order valence-corrected chi connectivity index (χ0v) is 23.0. The number of aromatic nitrogens is 3. The van der Waals surface area contributed by atoms with Crippen molar-refractivity contribution in [1.82, 2.24) is 19.3 Å². The van der Waals surface area contributed by atoms with Crippen molar-refractivity contribution in [1.29, 1.82) is 0 Å². The van der Waals surface area contributed by atoms with Crippen LogP contribution in [-0.2, 0) is 21.3 Å². The second-order valence-corrected chi connectivity index (χ2v) is 11.0. The molecule has 41 heavy (non-hydrogen) atoms. The predicted molar refractivity (Wildman–Crippen MR) is 153 cm³/mol. The monoisotopic (exact) mass is 591 g/mol. The first-order chi connectivity index (χ1) is 19.6. The van der Waals surface area contributed by atoms with Gasteiger partial charge in [-0.2, -0.15) is 0 Å². The lowest BCUT2D eigenvalue weighted by Gasteiger charge is -2.14. The molecule has 1 amide bonds. The van der Waals surface area contributed by atoms with Crippen molar-refractivity contribution in [2.75, 3.05) is 12.8 Å². The summed E-state index contributed by atoms with van der Waals surface area (Å²) in [5.41, 5.74) is 6.95. The lowest BCUT2D eigenvalue weighted by atomic mass is 10.0. The van der Waals surface area contributed by atoms with Gasteiger partial charge in [-0.15, -0.1) is 0 Å². The lowest BCUT2D eigenvalue weighted by molar-refractivity contribution is 0.0600. The zero-order valence-electron chi connectivity index (χ0n) is 21.4. The number of nitrogens with zero attached hydrogens (tertiary/aromatic N) is 2. The standard InChI is InChI=1S/C28H22ClN5O6S/c1-40-28(37)17-4-7-19(8-5-17)41(38,39)33-27(36)25-24(20-3-2-11-32-26(20)35)21-14-18(29)6-9-22(21)34(25)15-16-10-12-31-23(30)13-16/h2-14H,15H2,1H3,(H2,30,31)(H,32,35)(H,33,36). The molecule has 4 N–H and O–H groups in total. The van der Waals surface area contributed by atoms with E-state index in [0.717, 1.165) is 0 Å². The number of carbonyl (C=O) groups excluding carboxylic acids is 2. The van der Waals surface area contributed by atoms with Crippen molar-refractivity contribution in [3.63, 3.8) is 0 Å². The molecule has 2 aromatic carbocycles. The average molecular weight is 592 g/mol. The number of H-pyrrole nitrogens is 1. The first-order valence-electron chi connectivity index (χ1n) is 12.0. The summed E-state index contributed by atoms with van der Waals surface area (Å²) in [6.45, 7) is 0.0895. The molecule has 0 bridgehead atoms. The van der Waals surface area contributed by atoms with E-state index in [1.807, 2.05) is 0 Å². The fraction of sp³-hybridized carbons (Fsp3) is 0.0714. The van der Waals surface area contributed by atoms with Crippen LogP contribution in [0.2, 0.25) is 5.02 Å². The zero-order chi connectivity index (χ0) is 29.3. The van der Waals surface area contributed by atoms with Gasteiger partial charge >= 0.3 is 5.97 Å². The topological polar surface area (TPSA) is 166 Å². The molecule has 0 saturated heterocycles. The quantitative estimate of drug-likeness (QED) is 0.241. The molecular weight excluding hydrogens is 570 g/mol. The summed E-state index contributed by atoms with van der Waals surface area (Å²) in [6, 6.07) is 16.3. The minimum Gasteiger partial charge on any atom is -0.465 e. The predicted octanol–water partition coefficient (Wildman–Crippen LogP) is 3.58. The second kappa shape index (κ2) is 10.9. The SMILES string of the molecule is COC(=O)c1ccc(S(=O)(=O)NC(=O)c2c(-c3ccc[nH]c3=O)c3cc(Cl)ccc3n2Cc2ccnc(N)c2)cc1. The Morgan fingerprint density at radius 2 is 1.85 bits per heavy atom. The van der Waals surface area contributed by atoms with E-state index >= 15 is 0 Å². The molecule has 3 aromatic heterocycles. The highest BCUT2D eigenvalue weighted by atomic mass is 35.5. The van der Waals surface area contributed by atoms with Crippen LogP contribution in [-0.4, -0.2) is 41.9 Å². The highest BCUT2D eigenvalue weighted by molar-refractivity contribution is 7.90. The number of amides is 1. The van der Waals surface area contributed by atoms with E-state index in [4.69, 9.17) is 17.3 Å². The van der Waals surface area contributed by atoms with Crippen LogP contribution in [0.1, 0.15) is 26.4 Å². The molecule has 0 aliphatic rings. The number of fused-ring (bicyclic) bond motifs is 1. The number of benzene rings is 2. The van der Waals surface area contributed by atoms with E-state index in [-0.39, 0.29) is 39.6 Å². The maximum Gasteiger partial charge on any atom is 0.337 e.